The van der Waals surface area contributed by atoms with Crippen molar-refractivity contribution in [2.24, 2.45) is 0 Å². The van der Waals surface area contributed by atoms with Crippen LogP contribution in [0.1, 0.15) is 18.6 Å². The Morgan fingerprint density at radius 3 is 2.90 bits per heavy atom. The fourth-order valence-corrected chi connectivity index (χ4v) is 2.07. The SMILES string of the molecule is CC(=O)Cc1nccc(-c2ccc3oc(C)nc3c2)n1. The molecule has 0 saturated heterocycles. The van der Waals surface area contributed by atoms with Crippen LogP contribution < -0.4 is 0 Å². The summed E-state index contributed by atoms with van der Waals surface area (Å²) in [4.78, 5) is 24.0. The van der Waals surface area contributed by atoms with Crippen LogP contribution in [0.3, 0.4) is 0 Å². The largest absolute Gasteiger partial charge is 0.441 e. The van der Waals surface area contributed by atoms with E-state index in [0.717, 1.165) is 22.4 Å². The molecule has 3 rings (SSSR count). The molecule has 0 saturated carbocycles. The first-order chi connectivity index (χ1) is 9.61. The first-order valence-corrected chi connectivity index (χ1v) is 6.31. The van der Waals surface area contributed by atoms with Crippen LogP contribution in [-0.4, -0.2) is 20.7 Å². The van der Waals surface area contributed by atoms with Crippen molar-refractivity contribution in [3.05, 3.63) is 42.2 Å². The Kier molecular flexibility index (Phi) is 3.02. The molecule has 0 aliphatic rings. The van der Waals surface area contributed by atoms with Crippen molar-refractivity contribution in [2.75, 3.05) is 0 Å². The summed E-state index contributed by atoms with van der Waals surface area (Å²) in [6.07, 6.45) is 1.91. The van der Waals surface area contributed by atoms with Crippen LogP contribution in [0.15, 0.2) is 34.9 Å². The maximum absolute atomic E-state index is 11.1. The maximum Gasteiger partial charge on any atom is 0.192 e. The highest BCUT2D eigenvalue weighted by Gasteiger charge is 2.07. The van der Waals surface area contributed by atoms with E-state index in [4.69, 9.17) is 4.42 Å². The van der Waals surface area contributed by atoms with Gasteiger partial charge in [0.15, 0.2) is 11.5 Å². The van der Waals surface area contributed by atoms with Crippen LogP contribution in [0.4, 0.5) is 0 Å². The van der Waals surface area contributed by atoms with Gasteiger partial charge in [0.1, 0.15) is 17.1 Å². The molecule has 2 aromatic heterocycles. The predicted molar refractivity (Wildman–Crippen MR) is 74.2 cm³/mol. The van der Waals surface area contributed by atoms with Crippen LogP contribution in [-0.2, 0) is 11.2 Å². The molecule has 0 atom stereocenters. The number of fused-ring (bicyclic) bond motifs is 1. The molecule has 5 nitrogen and oxygen atoms in total. The van der Waals surface area contributed by atoms with Crippen molar-refractivity contribution in [3.8, 4) is 11.3 Å². The summed E-state index contributed by atoms with van der Waals surface area (Å²) in [5.41, 5.74) is 3.26. The summed E-state index contributed by atoms with van der Waals surface area (Å²) in [5, 5.41) is 0. The van der Waals surface area contributed by atoms with Crippen LogP contribution in [0.5, 0.6) is 0 Å². The summed E-state index contributed by atoms with van der Waals surface area (Å²) in [6, 6.07) is 7.54. The molecule has 0 aliphatic heterocycles. The van der Waals surface area contributed by atoms with Crippen molar-refractivity contribution in [3.63, 3.8) is 0 Å². The highest BCUT2D eigenvalue weighted by atomic mass is 16.3. The number of hydrogen-bond donors (Lipinski definition) is 0. The fraction of sp³-hybridized carbons (Fsp3) is 0.200. The number of aryl methyl sites for hydroxylation is 1. The lowest BCUT2D eigenvalue weighted by Crippen LogP contribution is -2.02. The van der Waals surface area contributed by atoms with E-state index in [-0.39, 0.29) is 12.2 Å². The van der Waals surface area contributed by atoms with Crippen LogP contribution in [0.2, 0.25) is 0 Å². The van der Waals surface area contributed by atoms with Gasteiger partial charge in [-0.1, -0.05) is 0 Å². The fourth-order valence-electron chi connectivity index (χ4n) is 2.07. The minimum Gasteiger partial charge on any atom is -0.441 e. The zero-order valence-electron chi connectivity index (χ0n) is 11.3. The Labute approximate surface area is 115 Å². The van der Waals surface area contributed by atoms with Crippen molar-refractivity contribution in [1.29, 1.82) is 0 Å². The van der Waals surface area contributed by atoms with E-state index in [9.17, 15) is 4.79 Å². The van der Waals surface area contributed by atoms with Gasteiger partial charge >= 0.3 is 0 Å². The second-order valence-corrected chi connectivity index (χ2v) is 4.65. The molecule has 0 bridgehead atoms. The second kappa shape index (κ2) is 4.85. The van der Waals surface area contributed by atoms with E-state index in [2.05, 4.69) is 15.0 Å². The number of Topliss-reactive ketones (excluding diaryl/α,β-unsaturated/α-hetero) is 1. The number of aromatic nitrogens is 3. The normalized spacial score (nSPS) is 10.9. The summed E-state index contributed by atoms with van der Waals surface area (Å²) < 4.78 is 5.45. The Balaban J connectivity index is 2.03. The first-order valence-electron chi connectivity index (χ1n) is 6.31. The molecule has 0 radical (unpaired) electrons. The Morgan fingerprint density at radius 2 is 2.10 bits per heavy atom. The Morgan fingerprint density at radius 1 is 1.25 bits per heavy atom. The lowest BCUT2D eigenvalue weighted by atomic mass is 10.1. The van der Waals surface area contributed by atoms with E-state index >= 15 is 0 Å². The third-order valence-electron chi connectivity index (χ3n) is 2.90. The predicted octanol–water partition coefficient (Wildman–Crippen LogP) is 2.72. The van der Waals surface area contributed by atoms with E-state index in [1.165, 1.54) is 6.92 Å². The van der Waals surface area contributed by atoms with Crippen LogP contribution in [0, 0.1) is 6.92 Å². The molecule has 0 amide bonds. The highest BCUT2D eigenvalue weighted by molar-refractivity contribution is 5.80. The molecule has 0 N–H and O–H groups in total. The van der Waals surface area contributed by atoms with Crippen molar-refractivity contribution in [1.82, 2.24) is 15.0 Å². The molecule has 2 heterocycles. The average Bonchev–Trinajstić information content (AvgIpc) is 2.77. The molecule has 0 fully saturated rings. The number of rotatable bonds is 3. The van der Waals surface area contributed by atoms with Crippen LogP contribution >= 0.6 is 0 Å². The number of carbonyl (C=O) groups excluding carboxylic acids is 1. The summed E-state index contributed by atoms with van der Waals surface area (Å²) in [7, 11) is 0. The van der Waals surface area contributed by atoms with Crippen molar-refractivity contribution in [2.45, 2.75) is 20.3 Å². The summed E-state index contributed by atoms with van der Waals surface area (Å²) in [6.45, 7) is 3.34. The number of benzene rings is 1. The van der Waals surface area contributed by atoms with Gasteiger partial charge in [-0.2, -0.15) is 0 Å². The average molecular weight is 267 g/mol. The van der Waals surface area contributed by atoms with Gasteiger partial charge in [-0.3, -0.25) is 4.79 Å². The number of ketones is 1. The number of nitrogens with zero attached hydrogens (tertiary/aromatic N) is 3. The second-order valence-electron chi connectivity index (χ2n) is 4.65. The van der Waals surface area contributed by atoms with Gasteiger partial charge in [0.2, 0.25) is 0 Å². The molecule has 0 aliphatic carbocycles. The van der Waals surface area contributed by atoms with E-state index in [1.54, 1.807) is 6.20 Å². The number of oxazole rings is 1. The van der Waals surface area contributed by atoms with Crippen LogP contribution in [0.25, 0.3) is 22.4 Å². The molecule has 1 aromatic carbocycles. The van der Waals surface area contributed by atoms with Gasteiger partial charge in [0.25, 0.3) is 0 Å². The smallest absolute Gasteiger partial charge is 0.192 e. The molecule has 0 spiro atoms. The molecule has 0 unspecified atom stereocenters. The Hall–Kier alpha value is -2.56. The molecule has 5 heteroatoms. The molecular weight excluding hydrogens is 254 g/mol. The first kappa shape index (κ1) is 12.5. The van der Waals surface area contributed by atoms with Gasteiger partial charge in [-0.15, -0.1) is 0 Å². The zero-order valence-corrected chi connectivity index (χ0v) is 11.3. The topological polar surface area (TPSA) is 68.9 Å². The minimum atomic E-state index is 0.0460. The van der Waals surface area contributed by atoms with E-state index in [1.807, 2.05) is 31.2 Å². The van der Waals surface area contributed by atoms with Gasteiger partial charge in [-0.25, -0.2) is 15.0 Å². The molecule has 100 valence electrons. The summed E-state index contributed by atoms with van der Waals surface area (Å²) in [5.74, 6) is 1.22. The molecule has 20 heavy (non-hydrogen) atoms. The highest BCUT2D eigenvalue weighted by Crippen LogP contribution is 2.23. The third kappa shape index (κ3) is 2.42. The van der Waals surface area contributed by atoms with Gasteiger partial charge in [0, 0.05) is 18.7 Å². The van der Waals surface area contributed by atoms with E-state index in [0.29, 0.717) is 11.7 Å². The van der Waals surface area contributed by atoms with Crippen molar-refractivity contribution >= 4 is 16.9 Å². The number of carbonyl (C=O) groups is 1. The van der Waals surface area contributed by atoms with E-state index < -0.39 is 0 Å². The van der Waals surface area contributed by atoms with Gasteiger partial charge in [0.05, 0.1) is 12.1 Å². The maximum atomic E-state index is 11.1. The monoisotopic (exact) mass is 267 g/mol. The number of hydrogen-bond acceptors (Lipinski definition) is 5. The zero-order chi connectivity index (χ0) is 14.1. The lowest BCUT2D eigenvalue weighted by Gasteiger charge is -2.02. The molecule has 3 aromatic rings. The van der Waals surface area contributed by atoms with Crippen molar-refractivity contribution < 1.29 is 9.21 Å². The standard InChI is InChI=1S/C15H13N3O2/c1-9(19)7-15-16-6-5-12(18-15)11-3-4-14-13(8-11)17-10(2)20-14/h3-6,8H,7H2,1-2H3. The minimum absolute atomic E-state index is 0.0460. The van der Waals surface area contributed by atoms with Gasteiger partial charge in [-0.05, 0) is 31.2 Å². The lowest BCUT2D eigenvalue weighted by molar-refractivity contribution is -0.116. The molecular formula is C15H13N3O2. The van der Waals surface area contributed by atoms with Gasteiger partial charge < -0.3 is 4.42 Å². The summed E-state index contributed by atoms with van der Waals surface area (Å²) >= 11 is 0. The third-order valence-corrected chi connectivity index (χ3v) is 2.90. The Bertz CT molecular complexity index is 793. The quantitative estimate of drug-likeness (QED) is 0.729.